The molecule has 5 nitrogen and oxygen atoms in total. The van der Waals surface area contributed by atoms with Crippen LogP contribution in [0.25, 0.3) is 17.3 Å². The molecule has 1 N–H and O–H groups in total. The van der Waals surface area contributed by atoms with E-state index in [9.17, 15) is 9.18 Å². The number of rotatable bonds is 6. The fourth-order valence-electron chi connectivity index (χ4n) is 2.35. The zero-order valence-electron chi connectivity index (χ0n) is 14.7. The van der Waals surface area contributed by atoms with Gasteiger partial charge in [0, 0.05) is 17.0 Å². The molecule has 0 aliphatic carbocycles. The molecule has 1 heterocycles. The van der Waals surface area contributed by atoms with E-state index in [2.05, 4.69) is 10.3 Å². The van der Waals surface area contributed by atoms with Crippen molar-refractivity contribution in [3.05, 3.63) is 65.3 Å². The minimum atomic E-state index is -0.318. The third-order valence-corrected chi connectivity index (χ3v) is 4.47. The molecular formula is C20H17FN2O3S. The van der Waals surface area contributed by atoms with Crippen molar-refractivity contribution < 1.29 is 18.7 Å². The van der Waals surface area contributed by atoms with Gasteiger partial charge in [-0.25, -0.2) is 9.37 Å². The first-order chi connectivity index (χ1) is 13.1. The molecule has 1 aromatic heterocycles. The van der Waals surface area contributed by atoms with Gasteiger partial charge in [0.15, 0.2) is 16.6 Å². The van der Waals surface area contributed by atoms with Crippen LogP contribution >= 0.6 is 11.3 Å². The average molecular weight is 384 g/mol. The number of hydrogen-bond acceptors (Lipinski definition) is 5. The minimum Gasteiger partial charge on any atom is -0.493 e. The van der Waals surface area contributed by atoms with Crippen LogP contribution in [0, 0.1) is 5.82 Å². The largest absolute Gasteiger partial charge is 0.493 e. The summed E-state index contributed by atoms with van der Waals surface area (Å²) in [6, 6.07) is 11.4. The molecule has 0 radical (unpaired) electrons. The van der Waals surface area contributed by atoms with Gasteiger partial charge in [-0.15, -0.1) is 11.3 Å². The number of benzene rings is 2. The van der Waals surface area contributed by atoms with Crippen molar-refractivity contribution in [1.29, 1.82) is 0 Å². The van der Waals surface area contributed by atoms with Crippen molar-refractivity contribution >= 4 is 28.5 Å². The molecule has 0 spiro atoms. The summed E-state index contributed by atoms with van der Waals surface area (Å²) in [5.41, 5.74) is 2.31. The van der Waals surface area contributed by atoms with Gasteiger partial charge in [-0.1, -0.05) is 12.1 Å². The molecule has 27 heavy (non-hydrogen) atoms. The van der Waals surface area contributed by atoms with Crippen LogP contribution in [0.3, 0.4) is 0 Å². The standard InChI is InChI=1S/C20H17FN2O3S/c1-25-17-9-6-14(11-18(17)26-2)16-12-27-20(22-16)23-19(24)10-5-13-3-7-15(21)8-4-13/h3-12H,1-2H3,(H,22,23,24)/b10-5+. The van der Waals surface area contributed by atoms with Gasteiger partial charge in [0.1, 0.15) is 5.82 Å². The first-order valence-electron chi connectivity index (χ1n) is 8.01. The second-order valence-electron chi connectivity index (χ2n) is 5.48. The van der Waals surface area contributed by atoms with Crippen LogP contribution in [0.15, 0.2) is 53.9 Å². The second-order valence-corrected chi connectivity index (χ2v) is 6.34. The van der Waals surface area contributed by atoms with E-state index in [1.807, 2.05) is 17.5 Å². The Morgan fingerprint density at radius 3 is 2.56 bits per heavy atom. The summed E-state index contributed by atoms with van der Waals surface area (Å²) in [5, 5.41) is 5.04. The molecule has 0 aliphatic rings. The third kappa shape index (κ3) is 4.71. The molecule has 0 atom stereocenters. The van der Waals surface area contributed by atoms with Crippen molar-refractivity contribution in [2.45, 2.75) is 0 Å². The van der Waals surface area contributed by atoms with E-state index in [1.54, 1.807) is 38.5 Å². The van der Waals surface area contributed by atoms with E-state index in [-0.39, 0.29) is 11.7 Å². The summed E-state index contributed by atoms with van der Waals surface area (Å²) < 4.78 is 23.4. The topological polar surface area (TPSA) is 60.5 Å². The Kier molecular flexibility index (Phi) is 5.83. The van der Waals surface area contributed by atoms with E-state index in [0.29, 0.717) is 16.6 Å². The molecule has 7 heteroatoms. The number of halogens is 1. The van der Waals surface area contributed by atoms with Crippen molar-refractivity contribution in [3.63, 3.8) is 0 Å². The lowest BCUT2D eigenvalue weighted by atomic mass is 10.1. The average Bonchev–Trinajstić information content (AvgIpc) is 3.15. The maximum absolute atomic E-state index is 12.9. The summed E-state index contributed by atoms with van der Waals surface area (Å²) >= 11 is 1.32. The molecule has 1 amide bonds. The lowest BCUT2D eigenvalue weighted by Gasteiger charge is -2.08. The number of hydrogen-bond donors (Lipinski definition) is 1. The van der Waals surface area contributed by atoms with Crippen LogP contribution in [0.5, 0.6) is 11.5 Å². The minimum absolute atomic E-state index is 0.312. The quantitative estimate of drug-likeness (QED) is 0.630. The normalized spacial score (nSPS) is 10.8. The Hall–Kier alpha value is -3.19. The summed E-state index contributed by atoms with van der Waals surface area (Å²) in [7, 11) is 3.15. The zero-order chi connectivity index (χ0) is 19.2. The van der Waals surface area contributed by atoms with Gasteiger partial charge in [-0.05, 0) is 42.0 Å². The molecule has 2 aromatic carbocycles. The monoisotopic (exact) mass is 384 g/mol. The van der Waals surface area contributed by atoms with E-state index in [0.717, 1.165) is 16.8 Å². The smallest absolute Gasteiger partial charge is 0.250 e. The molecule has 0 unspecified atom stereocenters. The van der Waals surface area contributed by atoms with E-state index < -0.39 is 0 Å². The van der Waals surface area contributed by atoms with Gasteiger partial charge < -0.3 is 9.47 Å². The van der Waals surface area contributed by atoms with Crippen molar-refractivity contribution in [3.8, 4) is 22.8 Å². The molecule has 0 saturated heterocycles. The summed E-state index contributed by atoms with van der Waals surface area (Å²) in [6.07, 6.45) is 2.99. The number of methoxy groups -OCH3 is 2. The molecule has 3 aromatic rings. The predicted octanol–water partition coefficient (Wildman–Crippen LogP) is 4.62. The molecule has 0 bridgehead atoms. The fourth-order valence-corrected chi connectivity index (χ4v) is 3.07. The van der Waals surface area contributed by atoms with Gasteiger partial charge in [0.25, 0.3) is 0 Å². The summed E-state index contributed by atoms with van der Waals surface area (Å²) in [4.78, 5) is 16.5. The van der Waals surface area contributed by atoms with E-state index in [1.165, 1.54) is 29.5 Å². The summed E-state index contributed by atoms with van der Waals surface area (Å²) in [6.45, 7) is 0. The molecular weight excluding hydrogens is 367 g/mol. The number of amides is 1. The Bertz CT molecular complexity index is 968. The third-order valence-electron chi connectivity index (χ3n) is 3.71. The van der Waals surface area contributed by atoms with Crippen LogP contribution in [0.2, 0.25) is 0 Å². The fraction of sp³-hybridized carbons (Fsp3) is 0.100. The van der Waals surface area contributed by atoms with Gasteiger partial charge >= 0.3 is 0 Å². The molecule has 0 aliphatic heterocycles. The van der Waals surface area contributed by atoms with Crippen LogP contribution in [0.4, 0.5) is 9.52 Å². The number of aromatic nitrogens is 1. The number of thiazole rings is 1. The Balaban J connectivity index is 1.68. The maximum atomic E-state index is 12.9. The first kappa shape index (κ1) is 18.6. The number of nitrogens with one attached hydrogen (secondary N) is 1. The van der Waals surface area contributed by atoms with E-state index in [4.69, 9.17) is 9.47 Å². The van der Waals surface area contributed by atoms with Gasteiger partial charge in [-0.3, -0.25) is 10.1 Å². The SMILES string of the molecule is COc1ccc(-c2csc(NC(=O)/C=C/c3ccc(F)cc3)n2)cc1OC. The number of ether oxygens (including phenoxy) is 2. The van der Waals surface area contributed by atoms with Crippen LogP contribution in [0.1, 0.15) is 5.56 Å². The first-order valence-corrected chi connectivity index (χ1v) is 8.89. The molecule has 0 saturated carbocycles. The Labute approximate surface area is 160 Å². The highest BCUT2D eigenvalue weighted by Gasteiger charge is 2.10. The van der Waals surface area contributed by atoms with Crippen molar-refractivity contribution in [2.75, 3.05) is 19.5 Å². The van der Waals surface area contributed by atoms with Crippen molar-refractivity contribution in [2.24, 2.45) is 0 Å². The highest BCUT2D eigenvalue weighted by atomic mass is 32.1. The van der Waals surface area contributed by atoms with Crippen molar-refractivity contribution in [1.82, 2.24) is 4.98 Å². The Morgan fingerprint density at radius 2 is 1.85 bits per heavy atom. The number of anilines is 1. The number of carbonyl (C=O) groups excluding carboxylic acids is 1. The van der Waals surface area contributed by atoms with Gasteiger partial charge in [-0.2, -0.15) is 0 Å². The maximum Gasteiger partial charge on any atom is 0.250 e. The Morgan fingerprint density at radius 1 is 1.11 bits per heavy atom. The zero-order valence-corrected chi connectivity index (χ0v) is 15.5. The van der Waals surface area contributed by atoms with Gasteiger partial charge in [0.05, 0.1) is 19.9 Å². The molecule has 138 valence electrons. The molecule has 0 fully saturated rings. The summed E-state index contributed by atoms with van der Waals surface area (Å²) in [5.74, 6) is 0.612. The van der Waals surface area contributed by atoms with Crippen LogP contribution in [-0.2, 0) is 4.79 Å². The van der Waals surface area contributed by atoms with Gasteiger partial charge in [0.2, 0.25) is 5.91 Å². The lowest BCUT2D eigenvalue weighted by molar-refractivity contribution is -0.111. The van der Waals surface area contributed by atoms with Crippen LogP contribution < -0.4 is 14.8 Å². The highest BCUT2D eigenvalue weighted by Crippen LogP contribution is 2.33. The second kappa shape index (κ2) is 8.46. The highest BCUT2D eigenvalue weighted by molar-refractivity contribution is 7.14. The predicted molar refractivity (Wildman–Crippen MR) is 105 cm³/mol. The van der Waals surface area contributed by atoms with E-state index >= 15 is 0 Å². The number of carbonyl (C=O) groups is 1. The number of nitrogens with zero attached hydrogens (tertiary/aromatic N) is 1. The van der Waals surface area contributed by atoms with Crippen LogP contribution in [-0.4, -0.2) is 25.1 Å². The molecule has 3 rings (SSSR count). The lowest BCUT2D eigenvalue weighted by Crippen LogP contribution is -2.07.